The molecule has 0 bridgehead atoms. The van der Waals surface area contributed by atoms with E-state index in [2.05, 4.69) is 10.6 Å². The van der Waals surface area contributed by atoms with E-state index in [0.717, 1.165) is 0 Å². The van der Waals surface area contributed by atoms with E-state index in [1.165, 1.54) is 12.1 Å². The zero-order valence-corrected chi connectivity index (χ0v) is 15.9. The minimum atomic E-state index is -0.692. The largest absolute Gasteiger partial charge is 0.381 e. The van der Waals surface area contributed by atoms with Gasteiger partial charge in [0.05, 0.1) is 18.1 Å². The summed E-state index contributed by atoms with van der Waals surface area (Å²) in [6.45, 7) is 4.45. The van der Waals surface area contributed by atoms with Crippen LogP contribution >= 0.6 is 12.4 Å². The Bertz CT molecular complexity index is 621. The average molecular weight is 388 g/mol. The van der Waals surface area contributed by atoms with Crippen molar-refractivity contribution in [2.75, 3.05) is 19.8 Å². The molecule has 26 heavy (non-hydrogen) atoms. The van der Waals surface area contributed by atoms with Crippen molar-refractivity contribution in [2.45, 2.75) is 38.3 Å². The normalized spacial score (nSPS) is 17.1. The molecule has 1 aromatic carbocycles. The first-order chi connectivity index (χ1) is 11.8. The number of carbonyl (C=O) groups excluding carboxylic acids is 2. The Labute approximate surface area is 159 Å². The quantitative estimate of drug-likeness (QED) is 0.689. The highest BCUT2D eigenvalue weighted by Crippen LogP contribution is 2.32. The summed E-state index contributed by atoms with van der Waals surface area (Å²) >= 11 is 0. The second-order valence-electron chi connectivity index (χ2n) is 6.74. The van der Waals surface area contributed by atoms with Crippen LogP contribution in [0, 0.1) is 11.7 Å². The van der Waals surface area contributed by atoms with Gasteiger partial charge in [0.2, 0.25) is 11.8 Å². The van der Waals surface area contributed by atoms with Gasteiger partial charge in [0, 0.05) is 13.2 Å². The molecular formula is C18H27ClFN3O3. The van der Waals surface area contributed by atoms with Gasteiger partial charge in [0.25, 0.3) is 0 Å². The lowest BCUT2D eigenvalue weighted by Crippen LogP contribution is -2.53. The molecule has 1 aliphatic heterocycles. The number of nitrogens with one attached hydrogen (secondary N) is 2. The van der Waals surface area contributed by atoms with Crippen LogP contribution in [0.4, 0.5) is 4.39 Å². The zero-order chi connectivity index (χ0) is 18.4. The summed E-state index contributed by atoms with van der Waals surface area (Å²) < 4.78 is 19.0. The van der Waals surface area contributed by atoms with E-state index >= 15 is 0 Å². The van der Waals surface area contributed by atoms with Gasteiger partial charge in [-0.3, -0.25) is 9.59 Å². The molecule has 1 heterocycles. The van der Waals surface area contributed by atoms with Crippen LogP contribution in [0.3, 0.4) is 0 Å². The zero-order valence-electron chi connectivity index (χ0n) is 15.1. The van der Waals surface area contributed by atoms with Crippen LogP contribution in [0.5, 0.6) is 0 Å². The van der Waals surface area contributed by atoms with Crippen LogP contribution in [-0.4, -0.2) is 37.6 Å². The third kappa shape index (κ3) is 5.65. The van der Waals surface area contributed by atoms with Gasteiger partial charge in [0.1, 0.15) is 5.82 Å². The number of benzene rings is 1. The highest BCUT2D eigenvalue weighted by molar-refractivity contribution is 5.87. The van der Waals surface area contributed by atoms with Gasteiger partial charge in [-0.1, -0.05) is 26.0 Å². The number of halogens is 2. The van der Waals surface area contributed by atoms with Crippen LogP contribution in [0.2, 0.25) is 0 Å². The number of amides is 2. The molecule has 4 N–H and O–H groups in total. The molecule has 2 rings (SSSR count). The van der Waals surface area contributed by atoms with E-state index in [1.54, 1.807) is 12.1 Å². The second kappa shape index (κ2) is 9.85. The van der Waals surface area contributed by atoms with Gasteiger partial charge < -0.3 is 21.1 Å². The molecule has 0 radical (unpaired) electrons. The molecule has 2 amide bonds. The summed E-state index contributed by atoms with van der Waals surface area (Å²) in [7, 11) is 0. The third-order valence-corrected chi connectivity index (χ3v) is 4.55. The molecule has 0 saturated carbocycles. The van der Waals surface area contributed by atoms with Gasteiger partial charge in [-0.15, -0.1) is 12.4 Å². The minimum Gasteiger partial charge on any atom is -0.381 e. The lowest BCUT2D eigenvalue weighted by Gasteiger charge is -2.38. The predicted octanol–water partition coefficient (Wildman–Crippen LogP) is 1.47. The Morgan fingerprint density at radius 2 is 1.96 bits per heavy atom. The van der Waals surface area contributed by atoms with E-state index in [1.807, 2.05) is 13.8 Å². The summed E-state index contributed by atoms with van der Waals surface area (Å²) in [6, 6.07) is 5.55. The second-order valence-corrected chi connectivity index (χ2v) is 6.74. The van der Waals surface area contributed by atoms with Crippen molar-refractivity contribution < 1.29 is 18.7 Å². The van der Waals surface area contributed by atoms with Crippen molar-refractivity contribution >= 4 is 24.2 Å². The SMILES string of the molecule is CC(C)[C@H](N)C(=O)NCC(=O)NC1(c2cccc(F)c2)CCOCC1.Cl. The average Bonchev–Trinajstić information content (AvgIpc) is 2.59. The summed E-state index contributed by atoms with van der Waals surface area (Å²) in [6.07, 6.45) is 1.09. The van der Waals surface area contributed by atoms with E-state index in [-0.39, 0.29) is 42.5 Å². The Morgan fingerprint density at radius 3 is 2.54 bits per heavy atom. The number of carbonyl (C=O) groups is 2. The first kappa shape index (κ1) is 22.3. The monoisotopic (exact) mass is 387 g/mol. The fourth-order valence-electron chi connectivity index (χ4n) is 2.89. The van der Waals surface area contributed by atoms with Crippen molar-refractivity contribution in [1.29, 1.82) is 0 Å². The highest BCUT2D eigenvalue weighted by atomic mass is 35.5. The fraction of sp³-hybridized carbons (Fsp3) is 0.556. The fourth-order valence-corrected chi connectivity index (χ4v) is 2.89. The molecule has 1 atom stereocenters. The Balaban J connectivity index is 0.00000338. The van der Waals surface area contributed by atoms with Crippen LogP contribution in [0.15, 0.2) is 24.3 Å². The topological polar surface area (TPSA) is 93.5 Å². The number of nitrogens with two attached hydrogens (primary N) is 1. The van der Waals surface area contributed by atoms with E-state index in [4.69, 9.17) is 10.5 Å². The summed E-state index contributed by atoms with van der Waals surface area (Å²) in [4.78, 5) is 24.3. The molecule has 8 heteroatoms. The minimum absolute atomic E-state index is 0. The molecule has 6 nitrogen and oxygen atoms in total. The van der Waals surface area contributed by atoms with Crippen molar-refractivity contribution in [3.05, 3.63) is 35.6 Å². The molecule has 1 aliphatic rings. The molecule has 1 aromatic rings. The Hall–Kier alpha value is -1.70. The van der Waals surface area contributed by atoms with E-state index in [0.29, 0.717) is 31.6 Å². The van der Waals surface area contributed by atoms with Crippen molar-refractivity contribution in [3.63, 3.8) is 0 Å². The van der Waals surface area contributed by atoms with Crippen LogP contribution in [0.25, 0.3) is 0 Å². The van der Waals surface area contributed by atoms with Crippen molar-refractivity contribution in [1.82, 2.24) is 10.6 Å². The van der Waals surface area contributed by atoms with Gasteiger partial charge in [0.15, 0.2) is 0 Å². The number of hydrogen-bond donors (Lipinski definition) is 3. The molecule has 0 unspecified atom stereocenters. The van der Waals surface area contributed by atoms with Crippen LogP contribution in [-0.2, 0) is 19.9 Å². The van der Waals surface area contributed by atoms with E-state index in [9.17, 15) is 14.0 Å². The first-order valence-corrected chi connectivity index (χ1v) is 8.52. The van der Waals surface area contributed by atoms with Gasteiger partial charge in [-0.25, -0.2) is 4.39 Å². The van der Waals surface area contributed by atoms with Crippen LogP contribution in [0.1, 0.15) is 32.3 Å². The maximum atomic E-state index is 13.6. The number of rotatable bonds is 6. The molecule has 0 aliphatic carbocycles. The van der Waals surface area contributed by atoms with E-state index < -0.39 is 11.6 Å². The molecule has 146 valence electrons. The lowest BCUT2D eigenvalue weighted by atomic mass is 9.82. The standard InChI is InChI=1S/C18H26FN3O3.ClH/c1-12(2)16(20)17(24)21-11-15(23)22-18(6-8-25-9-7-18)13-4-3-5-14(19)10-13;/h3-5,10,12,16H,6-9,11,20H2,1-2H3,(H,21,24)(H,22,23);1H/t16-;/m0./s1. The highest BCUT2D eigenvalue weighted by Gasteiger charge is 2.36. The molecule has 0 aromatic heterocycles. The Kier molecular flexibility index (Phi) is 8.46. The number of ether oxygens (including phenoxy) is 1. The van der Waals surface area contributed by atoms with Crippen molar-refractivity contribution in [2.24, 2.45) is 11.7 Å². The smallest absolute Gasteiger partial charge is 0.240 e. The van der Waals surface area contributed by atoms with Gasteiger partial charge >= 0.3 is 0 Å². The Morgan fingerprint density at radius 1 is 1.31 bits per heavy atom. The predicted molar refractivity (Wildman–Crippen MR) is 99.3 cm³/mol. The molecule has 0 spiro atoms. The summed E-state index contributed by atoms with van der Waals surface area (Å²) in [5.74, 6) is -1.07. The third-order valence-electron chi connectivity index (χ3n) is 4.55. The van der Waals surface area contributed by atoms with Crippen LogP contribution < -0.4 is 16.4 Å². The molecule has 1 fully saturated rings. The van der Waals surface area contributed by atoms with Crippen molar-refractivity contribution in [3.8, 4) is 0 Å². The summed E-state index contributed by atoms with van der Waals surface area (Å²) in [5.41, 5.74) is 5.77. The first-order valence-electron chi connectivity index (χ1n) is 8.52. The van der Waals surface area contributed by atoms with Gasteiger partial charge in [-0.05, 0) is 36.5 Å². The molecular weight excluding hydrogens is 361 g/mol. The van der Waals surface area contributed by atoms with Gasteiger partial charge in [-0.2, -0.15) is 0 Å². The maximum absolute atomic E-state index is 13.6. The molecule has 1 saturated heterocycles. The maximum Gasteiger partial charge on any atom is 0.240 e. The number of hydrogen-bond acceptors (Lipinski definition) is 4. The lowest BCUT2D eigenvalue weighted by molar-refractivity contribution is -0.129. The summed E-state index contributed by atoms with van der Waals surface area (Å²) in [5, 5.41) is 5.51.